The first-order valence-electron chi connectivity index (χ1n) is 5.18. The summed E-state index contributed by atoms with van der Waals surface area (Å²) in [7, 11) is 0. The molecule has 0 fully saturated rings. The van der Waals surface area contributed by atoms with Crippen LogP contribution in [0.1, 0.15) is 5.56 Å². The average molecular weight is 319 g/mol. The van der Waals surface area contributed by atoms with Crippen molar-refractivity contribution in [3.05, 3.63) is 31.9 Å². The summed E-state index contributed by atoms with van der Waals surface area (Å²) in [6.45, 7) is 0. The van der Waals surface area contributed by atoms with Crippen LogP contribution < -0.4 is 10.6 Å². The molecule has 1 aliphatic rings. The van der Waals surface area contributed by atoms with Crippen molar-refractivity contribution < 1.29 is 32.6 Å². The maximum atomic E-state index is 13.0. The summed E-state index contributed by atoms with van der Waals surface area (Å²) >= 11 is 0. The number of carbonyl (C=O) groups is 2. The highest BCUT2D eigenvalue weighted by Gasteiger charge is 2.50. The molecule has 2 rings (SSSR count). The van der Waals surface area contributed by atoms with Crippen molar-refractivity contribution in [2.75, 3.05) is 5.32 Å². The maximum absolute atomic E-state index is 13.0. The first-order valence-corrected chi connectivity index (χ1v) is 5.18. The van der Waals surface area contributed by atoms with Crippen LogP contribution in [0.15, 0.2) is 6.07 Å². The van der Waals surface area contributed by atoms with E-state index in [9.17, 15) is 43.0 Å². The summed E-state index contributed by atoms with van der Waals surface area (Å²) in [5.41, 5.74) is -7.38. The summed E-state index contributed by atoms with van der Waals surface area (Å²) in [4.78, 5) is 40.8. The van der Waals surface area contributed by atoms with Gasteiger partial charge in [-0.3, -0.25) is 29.8 Å². The molecule has 0 atom stereocenters. The first kappa shape index (κ1) is 15.1. The molecule has 0 spiro atoms. The number of nitrogens with one attached hydrogen (secondary N) is 1. The van der Waals surface area contributed by atoms with Crippen LogP contribution in [0.25, 0.3) is 0 Å². The smallest absolute Gasteiger partial charge is 0.315 e. The van der Waals surface area contributed by atoms with Gasteiger partial charge in [-0.1, -0.05) is 0 Å². The number of rotatable bonds is 2. The van der Waals surface area contributed by atoms with Gasteiger partial charge in [0.15, 0.2) is 5.69 Å². The second kappa shape index (κ2) is 4.64. The molecular weight excluding hydrogens is 317 g/mol. The molecule has 13 heteroatoms. The molecule has 1 radical (unpaired) electrons. The van der Waals surface area contributed by atoms with Crippen LogP contribution in [0.4, 0.5) is 35.9 Å². The van der Waals surface area contributed by atoms with E-state index in [2.05, 4.69) is 5.32 Å². The Morgan fingerprint density at radius 3 is 2.18 bits per heavy atom. The Morgan fingerprint density at radius 1 is 1.14 bits per heavy atom. The van der Waals surface area contributed by atoms with Gasteiger partial charge in [0, 0.05) is 6.07 Å². The average Bonchev–Trinajstić information content (AvgIpc) is 2.36. The number of anilines is 1. The lowest BCUT2D eigenvalue weighted by atomic mass is 10.0. The van der Waals surface area contributed by atoms with E-state index < -0.39 is 56.2 Å². The van der Waals surface area contributed by atoms with E-state index in [0.29, 0.717) is 0 Å². The highest BCUT2D eigenvalue weighted by Crippen LogP contribution is 2.49. The molecular formula is C9H2F3N4O6. The zero-order valence-electron chi connectivity index (χ0n) is 10.0. The van der Waals surface area contributed by atoms with Crippen LogP contribution in [0, 0.1) is 20.2 Å². The molecule has 0 saturated heterocycles. The number of fused-ring (bicyclic) bond motifs is 1. The molecule has 0 aliphatic carbocycles. The fourth-order valence-electron chi connectivity index (χ4n) is 1.78. The standard InChI is InChI=1S/C9H2F3N4O6/c10-9(11,12)4-3(15(19)20)1-2-5(6(4)16(21)22)14-8(18)7(17)13-2/h1H,(H,13,17). The highest BCUT2D eigenvalue weighted by molar-refractivity contribution is 6.42. The van der Waals surface area contributed by atoms with Gasteiger partial charge < -0.3 is 5.32 Å². The van der Waals surface area contributed by atoms with E-state index in [1.807, 2.05) is 0 Å². The number of nitro benzene ring substituents is 2. The fourth-order valence-corrected chi connectivity index (χ4v) is 1.78. The number of halogens is 3. The second-order valence-corrected chi connectivity index (χ2v) is 3.90. The van der Waals surface area contributed by atoms with E-state index >= 15 is 0 Å². The number of carbonyl (C=O) groups excluding carboxylic acids is 2. The number of alkyl halides is 3. The molecule has 22 heavy (non-hydrogen) atoms. The van der Waals surface area contributed by atoms with Crippen LogP contribution in [0.5, 0.6) is 0 Å². The molecule has 0 bridgehead atoms. The predicted molar refractivity (Wildman–Crippen MR) is 60.2 cm³/mol. The monoisotopic (exact) mass is 319 g/mol. The normalized spacial score (nSPS) is 14.0. The molecule has 1 N–H and O–H groups in total. The number of hydrogen-bond donors (Lipinski definition) is 1. The first-order chi connectivity index (χ1) is 10.0. The minimum atomic E-state index is -5.44. The summed E-state index contributed by atoms with van der Waals surface area (Å²) in [5, 5.41) is 26.3. The summed E-state index contributed by atoms with van der Waals surface area (Å²) in [6, 6.07) is 0.263. The van der Waals surface area contributed by atoms with Crippen molar-refractivity contribution in [1.82, 2.24) is 5.32 Å². The summed E-state index contributed by atoms with van der Waals surface area (Å²) < 4.78 is 38.9. The van der Waals surface area contributed by atoms with Crippen molar-refractivity contribution in [2.45, 2.75) is 6.18 Å². The Balaban J connectivity index is 2.92. The van der Waals surface area contributed by atoms with E-state index in [-0.39, 0.29) is 6.07 Å². The SMILES string of the molecule is O=C1[N]c2c(cc([N+](=O)[O-])c(C(F)(F)F)c2[N+](=O)[O-])NC1=O. The lowest BCUT2D eigenvalue weighted by molar-refractivity contribution is -0.399. The van der Waals surface area contributed by atoms with Gasteiger partial charge in [-0.15, -0.1) is 0 Å². The van der Waals surface area contributed by atoms with Crippen LogP contribution in [0.2, 0.25) is 0 Å². The van der Waals surface area contributed by atoms with Crippen LogP contribution in [0.3, 0.4) is 0 Å². The molecule has 1 heterocycles. The molecule has 0 saturated carbocycles. The molecule has 2 amide bonds. The Morgan fingerprint density at radius 2 is 1.73 bits per heavy atom. The van der Waals surface area contributed by atoms with Crippen molar-refractivity contribution in [1.29, 1.82) is 0 Å². The highest BCUT2D eigenvalue weighted by atomic mass is 19.4. The van der Waals surface area contributed by atoms with E-state index in [4.69, 9.17) is 0 Å². The number of nitro groups is 2. The van der Waals surface area contributed by atoms with Crippen molar-refractivity contribution in [2.24, 2.45) is 0 Å². The lowest BCUT2D eigenvalue weighted by Gasteiger charge is -2.17. The Bertz CT molecular complexity index is 744. The Labute approximate surface area is 117 Å². The minimum absolute atomic E-state index is 0.263. The van der Waals surface area contributed by atoms with Gasteiger partial charge in [-0.25, -0.2) is 0 Å². The summed E-state index contributed by atoms with van der Waals surface area (Å²) in [6.07, 6.45) is -5.44. The van der Waals surface area contributed by atoms with Gasteiger partial charge in [0.05, 0.1) is 15.5 Å². The van der Waals surface area contributed by atoms with Crippen LogP contribution in [-0.4, -0.2) is 21.7 Å². The van der Waals surface area contributed by atoms with Crippen molar-refractivity contribution in [3.63, 3.8) is 0 Å². The fraction of sp³-hybridized carbons (Fsp3) is 0.111. The molecule has 1 aromatic rings. The predicted octanol–water partition coefficient (Wildman–Crippen LogP) is 1.24. The quantitative estimate of drug-likeness (QED) is 0.492. The third-order valence-corrected chi connectivity index (χ3v) is 2.57. The zero-order chi connectivity index (χ0) is 16.8. The molecule has 0 unspecified atom stereocenters. The van der Waals surface area contributed by atoms with E-state index in [1.165, 1.54) is 0 Å². The molecule has 115 valence electrons. The zero-order valence-corrected chi connectivity index (χ0v) is 10.0. The van der Waals surface area contributed by atoms with Gasteiger partial charge in [-0.05, 0) is 0 Å². The van der Waals surface area contributed by atoms with Crippen LogP contribution in [-0.2, 0) is 15.8 Å². The molecule has 0 aromatic heterocycles. The van der Waals surface area contributed by atoms with Gasteiger partial charge >= 0.3 is 23.7 Å². The largest absolute Gasteiger partial charge is 0.429 e. The Kier molecular flexibility index (Phi) is 3.20. The number of amides is 2. The third-order valence-electron chi connectivity index (χ3n) is 2.57. The number of benzene rings is 1. The Hall–Kier alpha value is -3.25. The van der Waals surface area contributed by atoms with Crippen molar-refractivity contribution in [3.8, 4) is 0 Å². The number of nitrogens with zero attached hydrogens (tertiary/aromatic N) is 3. The minimum Gasteiger partial charge on any atom is -0.315 e. The van der Waals surface area contributed by atoms with E-state index in [1.54, 1.807) is 5.32 Å². The molecule has 1 aliphatic heterocycles. The third kappa shape index (κ3) is 2.27. The summed E-state index contributed by atoms with van der Waals surface area (Å²) in [5.74, 6) is -2.94. The van der Waals surface area contributed by atoms with Gasteiger partial charge in [0.2, 0.25) is 5.56 Å². The molecule has 10 nitrogen and oxygen atoms in total. The topological polar surface area (TPSA) is 147 Å². The van der Waals surface area contributed by atoms with Crippen LogP contribution >= 0.6 is 0 Å². The molecule has 1 aromatic carbocycles. The van der Waals surface area contributed by atoms with Gasteiger partial charge in [-0.2, -0.15) is 18.5 Å². The lowest BCUT2D eigenvalue weighted by Crippen LogP contribution is -2.34. The van der Waals surface area contributed by atoms with E-state index in [0.717, 1.165) is 0 Å². The van der Waals surface area contributed by atoms with Gasteiger partial charge in [0.1, 0.15) is 0 Å². The second-order valence-electron chi connectivity index (χ2n) is 3.90. The maximum Gasteiger partial charge on any atom is 0.429 e. The van der Waals surface area contributed by atoms with Crippen molar-refractivity contribution >= 4 is 34.6 Å². The van der Waals surface area contributed by atoms with Gasteiger partial charge in [0.25, 0.3) is 5.69 Å². The number of hydrogen-bond acceptors (Lipinski definition) is 6.